The Morgan fingerprint density at radius 3 is 2.50 bits per heavy atom. The smallest absolute Gasteiger partial charge is 0.336 e. The summed E-state index contributed by atoms with van der Waals surface area (Å²) in [5.74, 6) is -0.918. The average Bonchev–Trinajstić information content (AvgIpc) is 2.77. The Morgan fingerprint density at radius 2 is 1.94 bits per heavy atom. The highest BCUT2D eigenvalue weighted by Gasteiger charge is 2.19. The number of hydrogen-bond donors (Lipinski definition) is 1. The highest BCUT2D eigenvalue weighted by Crippen LogP contribution is 2.31. The molecule has 94 valence electrons. The highest BCUT2D eigenvalue weighted by molar-refractivity contribution is 7.13. The van der Waals surface area contributed by atoms with Crippen LogP contribution in [-0.2, 0) is 5.41 Å². The zero-order chi connectivity index (χ0) is 13.3. The Labute approximate surface area is 110 Å². The number of aromatic nitrogens is 1. The number of nitrogens with zero attached hydrogens (tertiary/aromatic N) is 1. The number of carboxylic acid groups (broad SMARTS) is 1. The Hall–Kier alpha value is -1.68. The first kappa shape index (κ1) is 12.8. The van der Waals surface area contributed by atoms with Crippen LogP contribution in [0.15, 0.2) is 29.6 Å². The third kappa shape index (κ3) is 2.43. The van der Waals surface area contributed by atoms with Crippen molar-refractivity contribution < 1.29 is 9.90 Å². The minimum atomic E-state index is -0.918. The van der Waals surface area contributed by atoms with Crippen LogP contribution in [0.3, 0.4) is 0 Å². The minimum Gasteiger partial charge on any atom is -0.478 e. The molecule has 1 aromatic carbocycles. The van der Waals surface area contributed by atoms with Gasteiger partial charge in [-0.15, -0.1) is 11.3 Å². The fraction of sp³-hybridized carbons (Fsp3) is 0.286. The first-order valence-corrected chi connectivity index (χ1v) is 6.56. The van der Waals surface area contributed by atoms with Crippen LogP contribution in [0.1, 0.15) is 36.8 Å². The van der Waals surface area contributed by atoms with E-state index < -0.39 is 5.97 Å². The largest absolute Gasteiger partial charge is 0.478 e. The first-order chi connectivity index (χ1) is 8.39. The second-order valence-corrected chi connectivity index (χ2v) is 6.00. The number of carboxylic acids is 1. The predicted octanol–water partition coefficient (Wildman–Crippen LogP) is 3.81. The third-order valence-electron chi connectivity index (χ3n) is 2.66. The molecule has 0 unspecified atom stereocenters. The second-order valence-electron chi connectivity index (χ2n) is 5.14. The van der Waals surface area contributed by atoms with Crippen LogP contribution >= 0.6 is 11.3 Å². The van der Waals surface area contributed by atoms with Crippen molar-refractivity contribution in [3.05, 3.63) is 40.9 Å². The van der Waals surface area contributed by atoms with Gasteiger partial charge in [0.1, 0.15) is 5.01 Å². The van der Waals surface area contributed by atoms with Gasteiger partial charge in [0, 0.05) is 16.4 Å². The summed E-state index contributed by atoms with van der Waals surface area (Å²) >= 11 is 1.49. The molecule has 0 saturated carbocycles. The summed E-state index contributed by atoms with van der Waals surface area (Å²) in [4.78, 5) is 15.7. The van der Waals surface area contributed by atoms with Gasteiger partial charge in [0.15, 0.2) is 0 Å². The van der Waals surface area contributed by atoms with Gasteiger partial charge < -0.3 is 5.11 Å². The molecule has 0 fully saturated rings. The van der Waals surface area contributed by atoms with E-state index in [0.29, 0.717) is 11.1 Å². The summed E-state index contributed by atoms with van der Waals surface area (Å²) in [5, 5.41) is 11.9. The lowest BCUT2D eigenvalue weighted by Crippen LogP contribution is -2.11. The molecule has 0 aliphatic rings. The quantitative estimate of drug-likeness (QED) is 0.894. The first-order valence-electron chi connectivity index (χ1n) is 5.68. The molecule has 0 saturated heterocycles. The van der Waals surface area contributed by atoms with Gasteiger partial charge in [0.25, 0.3) is 0 Å². The number of thiazole rings is 1. The van der Waals surface area contributed by atoms with Crippen molar-refractivity contribution in [3.8, 4) is 10.6 Å². The van der Waals surface area contributed by atoms with Crippen molar-refractivity contribution in [2.24, 2.45) is 0 Å². The van der Waals surface area contributed by atoms with E-state index in [9.17, 15) is 9.90 Å². The van der Waals surface area contributed by atoms with Crippen LogP contribution in [-0.4, -0.2) is 16.1 Å². The van der Waals surface area contributed by atoms with Crippen molar-refractivity contribution in [1.82, 2.24) is 4.98 Å². The molecule has 1 heterocycles. The summed E-state index contributed by atoms with van der Waals surface area (Å²) in [6, 6.07) is 6.97. The van der Waals surface area contributed by atoms with E-state index in [-0.39, 0.29) is 5.41 Å². The molecule has 0 bridgehead atoms. The molecule has 0 atom stereocenters. The molecule has 3 nitrogen and oxygen atoms in total. The van der Waals surface area contributed by atoms with Crippen LogP contribution in [0.25, 0.3) is 10.6 Å². The van der Waals surface area contributed by atoms with Gasteiger partial charge in [0.05, 0.1) is 11.3 Å². The van der Waals surface area contributed by atoms with Gasteiger partial charge in [-0.2, -0.15) is 0 Å². The summed E-state index contributed by atoms with van der Waals surface area (Å²) in [5.41, 5.74) is 1.95. The number of benzene rings is 1. The fourth-order valence-electron chi connectivity index (χ4n) is 1.60. The van der Waals surface area contributed by atoms with Gasteiger partial charge >= 0.3 is 5.97 Å². The standard InChI is InChI=1S/C14H15NO2S/c1-14(2,3)11-8-18-12(15-11)9-6-4-5-7-10(9)13(16)17/h4-8H,1-3H3,(H,16,17). The lowest BCUT2D eigenvalue weighted by Gasteiger charge is -2.14. The van der Waals surface area contributed by atoms with Crippen molar-refractivity contribution in [2.45, 2.75) is 26.2 Å². The number of carbonyl (C=O) groups is 1. The lowest BCUT2D eigenvalue weighted by molar-refractivity contribution is 0.0697. The summed E-state index contributed by atoms with van der Waals surface area (Å²) in [6.45, 7) is 6.28. The third-order valence-corrected chi connectivity index (χ3v) is 3.54. The molecule has 1 aromatic heterocycles. The lowest BCUT2D eigenvalue weighted by atomic mass is 9.93. The number of hydrogen-bond acceptors (Lipinski definition) is 3. The van der Waals surface area contributed by atoms with Crippen LogP contribution in [0.5, 0.6) is 0 Å². The Kier molecular flexibility index (Phi) is 3.22. The van der Waals surface area contributed by atoms with E-state index in [2.05, 4.69) is 25.8 Å². The van der Waals surface area contributed by atoms with Gasteiger partial charge in [-0.3, -0.25) is 0 Å². The van der Waals surface area contributed by atoms with Crippen LogP contribution in [0.4, 0.5) is 0 Å². The maximum absolute atomic E-state index is 11.2. The summed E-state index contributed by atoms with van der Waals surface area (Å²) in [7, 11) is 0. The average molecular weight is 261 g/mol. The molecule has 0 amide bonds. The fourth-order valence-corrected chi connectivity index (χ4v) is 2.68. The summed E-state index contributed by atoms with van der Waals surface area (Å²) < 4.78 is 0. The second kappa shape index (κ2) is 4.53. The molecular weight excluding hydrogens is 246 g/mol. The van der Waals surface area contributed by atoms with Crippen molar-refractivity contribution in [1.29, 1.82) is 0 Å². The van der Waals surface area contributed by atoms with E-state index in [1.807, 2.05) is 11.4 Å². The van der Waals surface area contributed by atoms with E-state index in [1.54, 1.807) is 18.2 Å². The van der Waals surface area contributed by atoms with Gasteiger partial charge in [-0.05, 0) is 6.07 Å². The molecule has 1 N–H and O–H groups in total. The number of rotatable bonds is 2. The van der Waals surface area contributed by atoms with Gasteiger partial charge in [-0.1, -0.05) is 39.0 Å². The van der Waals surface area contributed by atoms with Gasteiger partial charge in [-0.25, -0.2) is 9.78 Å². The molecule has 2 rings (SSSR count). The zero-order valence-electron chi connectivity index (χ0n) is 10.6. The summed E-state index contributed by atoms with van der Waals surface area (Å²) in [6.07, 6.45) is 0. The highest BCUT2D eigenvalue weighted by atomic mass is 32.1. The molecular formula is C14H15NO2S. The van der Waals surface area contributed by atoms with E-state index >= 15 is 0 Å². The molecule has 18 heavy (non-hydrogen) atoms. The van der Waals surface area contributed by atoms with Gasteiger partial charge in [0.2, 0.25) is 0 Å². The molecule has 0 radical (unpaired) electrons. The van der Waals surface area contributed by atoms with E-state index in [4.69, 9.17) is 0 Å². The topological polar surface area (TPSA) is 50.2 Å². The van der Waals surface area contributed by atoms with Crippen molar-refractivity contribution in [3.63, 3.8) is 0 Å². The maximum Gasteiger partial charge on any atom is 0.336 e. The monoisotopic (exact) mass is 261 g/mol. The molecule has 0 aliphatic carbocycles. The zero-order valence-corrected chi connectivity index (χ0v) is 11.4. The Morgan fingerprint density at radius 1 is 1.28 bits per heavy atom. The Bertz CT molecular complexity index is 581. The maximum atomic E-state index is 11.2. The van der Waals surface area contributed by atoms with E-state index in [0.717, 1.165) is 10.7 Å². The van der Waals surface area contributed by atoms with Crippen molar-refractivity contribution >= 4 is 17.3 Å². The van der Waals surface area contributed by atoms with E-state index in [1.165, 1.54) is 11.3 Å². The Balaban J connectivity index is 2.50. The minimum absolute atomic E-state index is 0.0209. The van der Waals surface area contributed by atoms with Crippen LogP contribution < -0.4 is 0 Å². The predicted molar refractivity (Wildman–Crippen MR) is 73.2 cm³/mol. The molecule has 2 aromatic rings. The molecule has 0 spiro atoms. The van der Waals surface area contributed by atoms with Crippen LogP contribution in [0, 0.1) is 0 Å². The molecule has 4 heteroatoms. The SMILES string of the molecule is CC(C)(C)c1csc(-c2ccccc2C(=O)O)n1. The van der Waals surface area contributed by atoms with Crippen molar-refractivity contribution in [2.75, 3.05) is 0 Å². The molecule has 0 aliphatic heterocycles. The van der Waals surface area contributed by atoms with Crippen LogP contribution in [0.2, 0.25) is 0 Å². The number of aromatic carboxylic acids is 1. The normalized spacial score (nSPS) is 11.5.